The molecule has 16 heavy (non-hydrogen) atoms. The zero-order valence-electron chi connectivity index (χ0n) is 10.2. The van der Waals surface area contributed by atoms with E-state index in [9.17, 15) is 4.79 Å². The number of hydrogen-bond donors (Lipinski definition) is 1. The number of aryl methyl sites for hydroxylation is 1. The lowest BCUT2D eigenvalue weighted by Gasteiger charge is -2.01. The Morgan fingerprint density at radius 3 is 2.75 bits per heavy atom. The summed E-state index contributed by atoms with van der Waals surface area (Å²) in [7, 11) is 1.58. The second kappa shape index (κ2) is 8.85. The Morgan fingerprint density at radius 1 is 1.62 bits per heavy atom. The molecule has 1 aromatic heterocycles. The van der Waals surface area contributed by atoms with Crippen LogP contribution in [0.25, 0.3) is 0 Å². The van der Waals surface area contributed by atoms with Gasteiger partial charge in [-0.15, -0.1) is 0 Å². The highest BCUT2D eigenvalue weighted by molar-refractivity contribution is 5.75. The van der Waals surface area contributed by atoms with E-state index in [2.05, 4.69) is 4.98 Å². The third-order valence-electron chi connectivity index (χ3n) is 1.77. The molecule has 0 aromatic carbocycles. The van der Waals surface area contributed by atoms with Crippen LogP contribution in [0.5, 0.6) is 5.88 Å². The number of pyridine rings is 1. The van der Waals surface area contributed by atoms with Crippen molar-refractivity contribution >= 4 is 5.78 Å². The first-order valence-corrected chi connectivity index (χ1v) is 5.32. The predicted molar refractivity (Wildman–Crippen MR) is 66.6 cm³/mol. The average Bonchev–Trinajstić information content (AvgIpc) is 2.28. The van der Waals surface area contributed by atoms with Gasteiger partial charge in [0.1, 0.15) is 5.78 Å². The average molecular weight is 226 g/mol. The standard InChI is InChI=1S/C10H13NO2.C2H7N.H2/c1-8(12)3-4-9-5-6-11-10(7-9)13-2;1-2-3;/h5-7H,3-4H2,1-2H3;2-3H2,1H3;1H. The highest BCUT2D eigenvalue weighted by Gasteiger charge is 1.98. The van der Waals surface area contributed by atoms with Crippen molar-refractivity contribution in [2.45, 2.75) is 26.7 Å². The molecular formula is C12H22N2O2. The van der Waals surface area contributed by atoms with E-state index in [1.165, 1.54) is 0 Å². The number of methoxy groups -OCH3 is 1. The molecule has 0 aliphatic rings. The van der Waals surface area contributed by atoms with Gasteiger partial charge in [-0.3, -0.25) is 0 Å². The van der Waals surface area contributed by atoms with E-state index in [1.807, 2.05) is 19.1 Å². The van der Waals surface area contributed by atoms with E-state index in [1.54, 1.807) is 20.2 Å². The highest BCUT2D eigenvalue weighted by atomic mass is 16.5. The molecule has 0 atom stereocenters. The van der Waals surface area contributed by atoms with E-state index < -0.39 is 0 Å². The molecular weight excluding hydrogens is 204 g/mol. The maximum atomic E-state index is 10.7. The first kappa shape index (κ1) is 14.6. The van der Waals surface area contributed by atoms with Gasteiger partial charge in [0.2, 0.25) is 5.88 Å². The summed E-state index contributed by atoms with van der Waals surface area (Å²) in [5.41, 5.74) is 5.93. The zero-order chi connectivity index (χ0) is 12.4. The van der Waals surface area contributed by atoms with E-state index >= 15 is 0 Å². The molecule has 1 rings (SSSR count). The van der Waals surface area contributed by atoms with Crippen LogP contribution in [0.4, 0.5) is 0 Å². The Morgan fingerprint density at radius 2 is 2.25 bits per heavy atom. The van der Waals surface area contributed by atoms with Crippen LogP contribution in [-0.2, 0) is 11.2 Å². The van der Waals surface area contributed by atoms with Crippen LogP contribution in [0.1, 0.15) is 27.3 Å². The second-order valence-corrected chi connectivity index (χ2v) is 3.32. The third-order valence-corrected chi connectivity index (χ3v) is 1.77. The molecule has 4 nitrogen and oxygen atoms in total. The van der Waals surface area contributed by atoms with Gasteiger partial charge in [0.05, 0.1) is 7.11 Å². The number of rotatable bonds is 4. The fraction of sp³-hybridized carbons (Fsp3) is 0.500. The number of aromatic nitrogens is 1. The number of ether oxygens (including phenoxy) is 1. The highest BCUT2D eigenvalue weighted by Crippen LogP contribution is 2.10. The Hall–Kier alpha value is -1.42. The molecule has 1 heterocycles. The quantitative estimate of drug-likeness (QED) is 0.850. The van der Waals surface area contributed by atoms with Crippen molar-refractivity contribution in [1.82, 2.24) is 4.98 Å². The topological polar surface area (TPSA) is 65.2 Å². The van der Waals surface area contributed by atoms with Crippen molar-refractivity contribution < 1.29 is 11.0 Å². The minimum atomic E-state index is 0. The SMILES string of the molecule is CCN.COc1cc(CCC(C)=O)ccn1.[HH]. The van der Waals surface area contributed by atoms with Crippen LogP contribution in [0.2, 0.25) is 0 Å². The molecule has 0 saturated carbocycles. The Bertz CT molecular complexity index is 319. The van der Waals surface area contributed by atoms with Gasteiger partial charge in [0.25, 0.3) is 0 Å². The normalized spacial score (nSPS) is 9.00. The molecule has 0 bridgehead atoms. The smallest absolute Gasteiger partial charge is 0.213 e. The third kappa shape index (κ3) is 6.95. The number of ketones is 1. The van der Waals surface area contributed by atoms with Gasteiger partial charge < -0.3 is 15.3 Å². The van der Waals surface area contributed by atoms with Crippen molar-refractivity contribution in [3.8, 4) is 5.88 Å². The molecule has 0 aliphatic carbocycles. The summed E-state index contributed by atoms with van der Waals surface area (Å²) >= 11 is 0. The molecule has 0 amide bonds. The molecule has 0 spiro atoms. The molecule has 4 heteroatoms. The summed E-state index contributed by atoms with van der Waals surface area (Å²) in [5.74, 6) is 0.803. The molecule has 0 unspecified atom stereocenters. The van der Waals surface area contributed by atoms with Gasteiger partial charge in [-0.2, -0.15) is 0 Å². The lowest BCUT2D eigenvalue weighted by molar-refractivity contribution is -0.116. The molecule has 2 N–H and O–H groups in total. The number of hydrogen-bond acceptors (Lipinski definition) is 4. The van der Waals surface area contributed by atoms with Crippen LogP contribution in [0, 0.1) is 0 Å². The van der Waals surface area contributed by atoms with E-state index in [0.29, 0.717) is 12.3 Å². The lowest BCUT2D eigenvalue weighted by atomic mass is 10.1. The molecule has 1 aromatic rings. The first-order chi connectivity index (χ1) is 7.63. The van der Waals surface area contributed by atoms with Crippen molar-refractivity contribution in [3.63, 3.8) is 0 Å². The fourth-order valence-electron chi connectivity index (χ4n) is 1.04. The van der Waals surface area contributed by atoms with Crippen LogP contribution < -0.4 is 10.5 Å². The summed E-state index contributed by atoms with van der Waals surface area (Å²) in [6.07, 6.45) is 3.02. The number of nitrogens with two attached hydrogens (primary N) is 1. The summed E-state index contributed by atoms with van der Waals surface area (Å²) in [5, 5.41) is 0. The van der Waals surface area contributed by atoms with Crippen molar-refractivity contribution in [2.75, 3.05) is 13.7 Å². The molecule has 0 fully saturated rings. The Labute approximate surface area is 98.3 Å². The Kier molecular flexibility index (Phi) is 8.07. The maximum Gasteiger partial charge on any atom is 0.213 e. The van der Waals surface area contributed by atoms with Crippen LogP contribution >= 0.6 is 0 Å². The molecule has 0 radical (unpaired) electrons. The monoisotopic (exact) mass is 226 g/mol. The zero-order valence-corrected chi connectivity index (χ0v) is 10.2. The molecule has 92 valence electrons. The summed E-state index contributed by atoms with van der Waals surface area (Å²) in [4.78, 5) is 14.7. The van der Waals surface area contributed by atoms with Gasteiger partial charge in [-0.25, -0.2) is 4.98 Å². The molecule has 0 aliphatic heterocycles. The van der Waals surface area contributed by atoms with E-state index in [0.717, 1.165) is 18.5 Å². The number of Topliss-reactive ketones (excluding diaryl/α,β-unsaturated/α-hetero) is 1. The van der Waals surface area contributed by atoms with Crippen LogP contribution in [0.15, 0.2) is 18.3 Å². The summed E-state index contributed by atoms with van der Waals surface area (Å²) < 4.78 is 4.97. The van der Waals surface area contributed by atoms with Crippen molar-refractivity contribution in [2.24, 2.45) is 5.73 Å². The van der Waals surface area contributed by atoms with Crippen molar-refractivity contribution in [1.29, 1.82) is 0 Å². The van der Waals surface area contributed by atoms with Gasteiger partial charge in [-0.05, 0) is 31.5 Å². The lowest BCUT2D eigenvalue weighted by Crippen LogP contribution is -1.95. The number of nitrogens with zero attached hydrogens (tertiary/aromatic N) is 1. The van der Waals surface area contributed by atoms with E-state index in [4.69, 9.17) is 10.5 Å². The second-order valence-electron chi connectivity index (χ2n) is 3.32. The largest absolute Gasteiger partial charge is 0.481 e. The van der Waals surface area contributed by atoms with Gasteiger partial charge in [0, 0.05) is 20.1 Å². The Balaban J connectivity index is 0. The minimum Gasteiger partial charge on any atom is -0.481 e. The fourth-order valence-corrected chi connectivity index (χ4v) is 1.04. The van der Waals surface area contributed by atoms with Gasteiger partial charge in [-0.1, -0.05) is 6.92 Å². The van der Waals surface area contributed by atoms with Crippen molar-refractivity contribution in [3.05, 3.63) is 23.9 Å². The summed E-state index contributed by atoms with van der Waals surface area (Å²) in [6.45, 7) is 4.25. The molecule has 0 saturated heterocycles. The number of carbonyl (C=O) groups excluding carboxylic acids is 1. The van der Waals surface area contributed by atoms with E-state index in [-0.39, 0.29) is 7.21 Å². The first-order valence-electron chi connectivity index (χ1n) is 5.32. The van der Waals surface area contributed by atoms with Crippen LogP contribution in [0.3, 0.4) is 0 Å². The van der Waals surface area contributed by atoms with Crippen LogP contribution in [-0.4, -0.2) is 24.4 Å². The van der Waals surface area contributed by atoms with Gasteiger partial charge >= 0.3 is 0 Å². The minimum absolute atomic E-state index is 0. The maximum absolute atomic E-state index is 10.7. The van der Waals surface area contributed by atoms with Gasteiger partial charge in [0.15, 0.2) is 0 Å². The number of carbonyl (C=O) groups is 1. The summed E-state index contributed by atoms with van der Waals surface area (Å²) in [6, 6.07) is 3.74. The predicted octanol–water partition coefficient (Wildman–Crippen LogP) is 1.82.